The fraction of sp³-hybridized carbons (Fsp3) is 0.238. The van der Waals surface area contributed by atoms with Crippen LogP contribution in [0.5, 0.6) is 0 Å². The Morgan fingerprint density at radius 1 is 1.04 bits per heavy atom. The first kappa shape index (κ1) is 17.1. The third-order valence-corrected chi connectivity index (χ3v) is 4.28. The number of rotatable bonds is 5. The summed E-state index contributed by atoms with van der Waals surface area (Å²) in [5.41, 5.74) is 3.65. The molecule has 0 unspecified atom stereocenters. The van der Waals surface area contributed by atoms with E-state index in [2.05, 4.69) is 0 Å². The molecule has 2 aromatic rings. The minimum Gasteiger partial charge on any atom is -0.454 e. The van der Waals surface area contributed by atoms with E-state index in [9.17, 15) is 14.0 Å². The Hall–Kier alpha value is -2.75. The summed E-state index contributed by atoms with van der Waals surface area (Å²) >= 11 is 0. The number of halogens is 1. The molecule has 4 heteroatoms. The highest BCUT2D eigenvalue weighted by molar-refractivity contribution is 5.99. The number of benzene rings is 2. The van der Waals surface area contributed by atoms with Crippen molar-refractivity contribution >= 4 is 17.8 Å². The molecule has 25 heavy (non-hydrogen) atoms. The van der Waals surface area contributed by atoms with E-state index in [-0.39, 0.29) is 18.2 Å². The number of hydrogen-bond donors (Lipinski definition) is 0. The second-order valence-corrected chi connectivity index (χ2v) is 6.11. The van der Waals surface area contributed by atoms with Gasteiger partial charge in [-0.05, 0) is 66.6 Å². The Labute approximate surface area is 146 Å². The van der Waals surface area contributed by atoms with Crippen LogP contribution in [-0.2, 0) is 22.4 Å². The van der Waals surface area contributed by atoms with Crippen molar-refractivity contribution < 1.29 is 18.7 Å². The monoisotopic (exact) mass is 338 g/mol. The number of aryl methyl sites for hydroxylation is 2. The minimum atomic E-state index is -0.629. The fourth-order valence-corrected chi connectivity index (χ4v) is 2.95. The van der Waals surface area contributed by atoms with Crippen molar-refractivity contribution in [3.8, 4) is 0 Å². The summed E-state index contributed by atoms with van der Waals surface area (Å²) in [5, 5.41) is 0. The maximum Gasteiger partial charge on any atom is 0.331 e. The minimum absolute atomic E-state index is 0.221. The summed E-state index contributed by atoms with van der Waals surface area (Å²) in [5.74, 6) is -1.23. The van der Waals surface area contributed by atoms with Gasteiger partial charge in [0.25, 0.3) is 0 Å². The number of ketones is 1. The van der Waals surface area contributed by atoms with E-state index in [0.29, 0.717) is 11.1 Å². The van der Waals surface area contributed by atoms with Crippen LogP contribution in [0, 0.1) is 5.82 Å². The SMILES string of the molecule is O=C(/C=C/c1cccc(F)c1)OCC(=O)c1ccc2c(c1)CCCC2. The molecule has 0 aliphatic heterocycles. The van der Waals surface area contributed by atoms with Crippen molar-refractivity contribution in [2.24, 2.45) is 0 Å². The molecule has 0 aromatic heterocycles. The van der Waals surface area contributed by atoms with Crippen LogP contribution in [0.15, 0.2) is 48.5 Å². The molecule has 0 bridgehead atoms. The quantitative estimate of drug-likeness (QED) is 0.467. The zero-order valence-corrected chi connectivity index (χ0v) is 13.8. The predicted octanol–water partition coefficient (Wildman–Crippen LogP) is 4.14. The molecular formula is C21H19FO3. The standard InChI is InChI=1S/C21H19FO3/c22-19-7-3-4-15(12-19)8-11-21(24)25-14-20(23)18-10-9-16-5-1-2-6-17(16)13-18/h3-4,7-13H,1-2,5-6,14H2/b11-8+. The van der Waals surface area contributed by atoms with Gasteiger partial charge in [0.1, 0.15) is 5.82 Å². The van der Waals surface area contributed by atoms with E-state index in [1.54, 1.807) is 18.2 Å². The normalized spacial score (nSPS) is 13.5. The van der Waals surface area contributed by atoms with E-state index in [0.717, 1.165) is 19.3 Å². The van der Waals surface area contributed by atoms with E-state index < -0.39 is 5.97 Å². The van der Waals surface area contributed by atoms with E-state index >= 15 is 0 Å². The molecule has 1 aliphatic carbocycles. The molecule has 2 aromatic carbocycles. The predicted molar refractivity (Wildman–Crippen MR) is 93.8 cm³/mol. The summed E-state index contributed by atoms with van der Waals surface area (Å²) in [4.78, 5) is 23.9. The van der Waals surface area contributed by atoms with Crippen LogP contribution in [0.2, 0.25) is 0 Å². The molecule has 1 aliphatic rings. The number of hydrogen-bond acceptors (Lipinski definition) is 3. The van der Waals surface area contributed by atoms with Crippen LogP contribution in [0.25, 0.3) is 6.08 Å². The Bertz CT molecular complexity index is 824. The molecule has 0 amide bonds. The van der Waals surface area contributed by atoms with Gasteiger partial charge in [0.2, 0.25) is 0 Å². The molecule has 0 heterocycles. The van der Waals surface area contributed by atoms with Gasteiger partial charge in [-0.15, -0.1) is 0 Å². The topological polar surface area (TPSA) is 43.4 Å². The average Bonchev–Trinajstić information content (AvgIpc) is 2.64. The van der Waals surface area contributed by atoms with Crippen molar-refractivity contribution in [2.75, 3.05) is 6.61 Å². The van der Waals surface area contributed by atoms with Crippen LogP contribution in [0.3, 0.4) is 0 Å². The third-order valence-electron chi connectivity index (χ3n) is 4.28. The molecular weight excluding hydrogens is 319 g/mol. The molecule has 0 spiro atoms. The van der Waals surface area contributed by atoms with E-state index in [1.165, 1.54) is 41.8 Å². The van der Waals surface area contributed by atoms with Crippen molar-refractivity contribution in [1.29, 1.82) is 0 Å². The van der Waals surface area contributed by atoms with Crippen molar-refractivity contribution in [2.45, 2.75) is 25.7 Å². The van der Waals surface area contributed by atoms with Crippen LogP contribution in [0.4, 0.5) is 4.39 Å². The lowest BCUT2D eigenvalue weighted by molar-refractivity contribution is -0.136. The average molecular weight is 338 g/mol. The van der Waals surface area contributed by atoms with Gasteiger partial charge in [0.05, 0.1) is 0 Å². The maximum absolute atomic E-state index is 13.1. The van der Waals surface area contributed by atoms with Crippen LogP contribution >= 0.6 is 0 Å². The molecule has 0 N–H and O–H groups in total. The molecule has 0 radical (unpaired) electrons. The first-order valence-corrected chi connectivity index (χ1v) is 8.37. The van der Waals surface area contributed by atoms with Gasteiger partial charge in [-0.25, -0.2) is 9.18 Å². The lowest BCUT2D eigenvalue weighted by atomic mass is 9.90. The summed E-state index contributed by atoms with van der Waals surface area (Å²) in [6, 6.07) is 11.6. The summed E-state index contributed by atoms with van der Waals surface area (Å²) in [6.07, 6.45) is 7.03. The summed E-state index contributed by atoms with van der Waals surface area (Å²) < 4.78 is 18.0. The smallest absolute Gasteiger partial charge is 0.331 e. The zero-order chi connectivity index (χ0) is 17.6. The highest BCUT2D eigenvalue weighted by Crippen LogP contribution is 2.22. The highest BCUT2D eigenvalue weighted by Gasteiger charge is 2.13. The number of carbonyl (C=O) groups excluding carboxylic acids is 2. The fourth-order valence-electron chi connectivity index (χ4n) is 2.95. The Morgan fingerprint density at radius 3 is 2.64 bits per heavy atom. The first-order valence-electron chi connectivity index (χ1n) is 8.37. The molecule has 0 atom stereocenters. The number of fused-ring (bicyclic) bond motifs is 1. The van der Waals surface area contributed by atoms with Crippen LogP contribution < -0.4 is 0 Å². The summed E-state index contributed by atoms with van der Waals surface area (Å²) in [6.45, 7) is -0.300. The maximum atomic E-state index is 13.1. The van der Waals surface area contributed by atoms with Crippen LogP contribution in [0.1, 0.15) is 39.9 Å². The number of carbonyl (C=O) groups is 2. The second kappa shape index (κ2) is 7.88. The molecule has 0 saturated heterocycles. The number of Topliss-reactive ketones (excluding diaryl/α,β-unsaturated/α-hetero) is 1. The Kier molecular flexibility index (Phi) is 5.39. The summed E-state index contributed by atoms with van der Waals surface area (Å²) in [7, 11) is 0. The molecule has 3 rings (SSSR count). The Morgan fingerprint density at radius 2 is 1.84 bits per heavy atom. The highest BCUT2D eigenvalue weighted by atomic mass is 19.1. The number of esters is 1. The lowest BCUT2D eigenvalue weighted by Gasteiger charge is -2.16. The van der Waals surface area contributed by atoms with Gasteiger partial charge >= 0.3 is 5.97 Å². The molecule has 0 fully saturated rings. The Balaban J connectivity index is 1.56. The van der Waals surface area contributed by atoms with Crippen molar-refractivity contribution in [3.05, 3.63) is 76.6 Å². The lowest BCUT2D eigenvalue weighted by Crippen LogP contribution is -2.13. The van der Waals surface area contributed by atoms with E-state index in [4.69, 9.17) is 4.74 Å². The van der Waals surface area contributed by atoms with Crippen LogP contribution in [-0.4, -0.2) is 18.4 Å². The zero-order valence-electron chi connectivity index (χ0n) is 13.8. The van der Waals surface area contributed by atoms with Gasteiger partial charge in [-0.3, -0.25) is 4.79 Å². The van der Waals surface area contributed by atoms with Gasteiger partial charge in [-0.2, -0.15) is 0 Å². The van der Waals surface area contributed by atoms with Gasteiger partial charge in [0.15, 0.2) is 12.4 Å². The van der Waals surface area contributed by atoms with Gasteiger partial charge < -0.3 is 4.74 Å². The van der Waals surface area contributed by atoms with Gasteiger partial charge in [-0.1, -0.05) is 24.3 Å². The van der Waals surface area contributed by atoms with Crippen molar-refractivity contribution in [1.82, 2.24) is 0 Å². The second-order valence-electron chi connectivity index (χ2n) is 6.11. The largest absolute Gasteiger partial charge is 0.454 e. The molecule has 128 valence electrons. The molecule has 0 saturated carbocycles. The van der Waals surface area contributed by atoms with E-state index in [1.807, 2.05) is 12.1 Å². The first-order chi connectivity index (χ1) is 12.1. The van der Waals surface area contributed by atoms with Gasteiger partial charge in [0, 0.05) is 11.6 Å². The van der Waals surface area contributed by atoms with Crippen molar-refractivity contribution in [3.63, 3.8) is 0 Å². The third kappa shape index (κ3) is 4.63. The molecule has 3 nitrogen and oxygen atoms in total. The number of ether oxygens (including phenoxy) is 1.